The zero-order valence-corrected chi connectivity index (χ0v) is 15.4. The van der Waals surface area contributed by atoms with Crippen molar-refractivity contribution in [3.63, 3.8) is 0 Å². The molecule has 8 heteroatoms. The van der Waals surface area contributed by atoms with Gasteiger partial charge < -0.3 is 9.64 Å². The van der Waals surface area contributed by atoms with E-state index in [-0.39, 0.29) is 17.6 Å². The number of nitrogens with zero attached hydrogens (tertiary/aromatic N) is 1. The predicted octanol–water partition coefficient (Wildman–Crippen LogP) is 1.52. The van der Waals surface area contributed by atoms with Crippen LogP contribution in [0.4, 0.5) is 4.39 Å². The molecule has 1 aromatic carbocycles. The highest BCUT2D eigenvalue weighted by Gasteiger charge is 2.30. The Morgan fingerprint density at radius 1 is 1.24 bits per heavy atom. The second-order valence-electron chi connectivity index (χ2n) is 6.62. The second kappa shape index (κ2) is 8.73. The first-order valence-electron chi connectivity index (χ1n) is 8.38. The summed E-state index contributed by atoms with van der Waals surface area (Å²) in [5.74, 6) is -0.782. The number of rotatable bonds is 7. The summed E-state index contributed by atoms with van der Waals surface area (Å²) in [7, 11) is -3.73. The van der Waals surface area contributed by atoms with E-state index in [4.69, 9.17) is 4.74 Å². The first-order valence-corrected chi connectivity index (χ1v) is 10.0. The van der Waals surface area contributed by atoms with Crippen LogP contribution in [-0.2, 0) is 25.3 Å². The van der Waals surface area contributed by atoms with Gasteiger partial charge in [-0.05, 0) is 30.0 Å². The number of carbonyl (C=O) groups excluding carboxylic acids is 1. The van der Waals surface area contributed by atoms with E-state index in [1.54, 1.807) is 4.90 Å². The lowest BCUT2D eigenvalue weighted by molar-refractivity contribution is -0.137. The van der Waals surface area contributed by atoms with Crippen LogP contribution in [0.25, 0.3) is 0 Å². The minimum Gasteiger partial charge on any atom is -0.378 e. The van der Waals surface area contributed by atoms with Crippen LogP contribution in [0.3, 0.4) is 0 Å². The van der Waals surface area contributed by atoms with Gasteiger partial charge in [-0.15, -0.1) is 0 Å². The molecule has 140 valence electrons. The van der Waals surface area contributed by atoms with Gasteiger partial charge in [0.1, 0.15) is 11.9 Å². The lowest BCUT2D eigenvalue weighted by Gasteiger charge is -2.31. The van der Waals surface area contributed by atoms with Gasteiger partial charge in [0.05, 0.1) is 19.0 Å². The Morgan fingerprint density at radius 3 is 2.40 bits per heavy atom. The van der Waals surface area contributed by atoms with Gasteiger partial charge in [0.25, 0.3) is 0 Å². The molecule has 0 aromatic heterocycles. The molecular formula is C17H25FN2O4S. The number of halogens is 1. The Bertz CT molecular complexity index is 670. The third-order valence-electron chi connectivity index (χ3n) is 3.92. The maximum absolute atomic E-state index is 13.0. The highest BCUT2D eigenvalue weighted by atomic mass is 32.2. The monoisotopic (exact) mass is 372 g/mol. The van der Waals surface area contributed by atoms with Crippen LogP contribution < -0.4 is 4.72 Å². The Labute approximate surface area is 148 Å². The molecule has 1 heterocycles. The Morgan fingerprint density at radius 2 is 1.84 bits per heavy atom. The number of ether oxygens (including phenoxy) is 1. The fourth-order valence-electron chi connectivity index (χ4n) is 2.73. The molecule has 25 heavy (non-hydrogen) atoms. The van der Waals surface area contributed by atoms with Crippen molar-refractivity contribution in [2.75, 3.05) is 26.3 Å². The first-order chi connectivity index (χ1) is 11.8. The molecule has 1 fully saturated rings. The normalized spacial score (nSPS) is 16.9. The van der Waals surface area contributed by atoms with Gasteiger partial charge in [0.15, 0.2) is 0 Å². The van der Waals surface area contributed by atoms with Crippen LogP contribution in [0.5, 0.6) is 0 Å². The number of benzene rings is 1. The summed E-state index contributed by atoms with van der Waals surface area (Å²) >= 11 is 0. The van der Waals surface area contributed by atoms with Crippen LogP contribution in [0.15, 0.2) is 24.3 Å². The van der Waals surface area contributed by atoms with Crippen LogP contribution >= 0.6 is 0 Å². The molecule has 0 spiro atoms. The maximum Gasteiger partial charge on any atom is 0.240 e. The summed E-state index contributed by atoms with van der Waals surface area (Å²) in [5.41, 5.74) is 0.469. The van der Waals surface area contributed by atoms with Gasteiger partial charge in [0, 0.05) is 13.1 Å². The number of hydrogen-bond donors (Lipinski definition) is 1. The minimum absolute atomic E-state index is 0.156. The lowest BCUT2D eigenvalue weighted by atomic mass is 10.0. The summed E-state index contributed by atoms with van der Waals surface area (Å²) in [4.78, 5) is 14.3. The molecule has 0 saturated carbocycles. The van der Waals surface area contributed by atoms with Gasteiger partial charge in [-0.3, -0.25) is 4.79 Å². The summed E-state index contributed by atoms with van der Waals surface area (Å²) in [5, 5.41) is 0. The Balaban J connectivity index is 2.08. The van der Waals surface area contributed by atoms with Crippen molar-refractivity contribution in [1.82, 2.24) is 9.62 Å². The average molecular weight is 372 g/mol. The first kappa shape index (κ1) is 19.8. The van der Waals surface area contributed by atoms with Crippen molar-refractivity contribution in [2.24, 2.45) is 5.92 Å². The van der Waals surface area contributed by atoms with Gasteiger partial charge >= 0.3 is 0 Å². The fraction of sp³-hybridized carbons (Fsp3) is 0.588. The lowest BCUT2D eigenvalue weighted by Crippen LogP contribution is -2.52. The minimum atomic E-state index is -3.73. The molecule has 1 amide bonds. The largest absolute Gasteiger partial charge is 0.378 e. The van der Waals surface area contributed by atoms with E-state index < -0.39 is 21.9 Å². The maximum atomic E-state index is 13.0. The van der Waals surface area contributed by atoms with Crippen LogP contribution in [-0.4, -0.2) is 51.6 Å². The smallest absolute Gasteiger partial charge is 0.240 e. The summed E-state index contributed by atoms with van der Waals surface area (Å²) in [6.07, 6.45) is 0.416. The molecule has 2 rings (SSSR count). The van der Waals surface area contributed by atoms with Gasteiger partial charge in [-0.2, -0.15) is 0 Å². The summed E-state index contributed by atoms with van der Waals surface area (Å²) in [6.45, 7) is 5.73. The van der Waals surface area contributed by atoms with Crippen molar-refractivity contribution < 1.29 is 22.3 Å². The highest BCUT2D eigenvalue weighted by molar-refractivity contribution is 7.88. The molecule has 6 nitrogen and oxygen atoms in total. The second-order valence-corrected chi connectivity index (χ2v) is 8.38. The van der Waals surface area contributed by atoms with Crippen LogP contribution in [0.1, 0.15) is 25.8 Å². The predicted molar refractivity (Wildman–Crippen MR) is 92.8 cm³/mol. The van der Waals surface area contributed by atoms with Crippen LogP contribution in [0, 0.1) is 11.7 Å². The molecule has 1 aliphatic rings. The van der Waals surface area contributed by atoms with Gasteiger partial charge in [-0.25, -0.2) is 17.5 Å². The number of carbonyl (C=O) groups is 1. The Hall–Kier alpha value is -1.51. The molecule has 1 atom stereocenters. The van der Waals surface area contributed by atoms with Crippen molar-refractivity contribution in [3.05, 3.63) is 35.6 Å². The topological polar surface area (TPSA) is 75.7 Å². The van der Waals surface area contributed by atoms with Crippen molar-refractivity contribution in [2.45, 2.75) is 32.1 Å². The van der Waals surface area contributed by atoms with E-state index >= 15 is 0 Å². The fourth-order valence-corrected chi connectivity index (χ4v) is 4.08. The molecule has 0 aliphatic carbocycles. The van der Waals surface area contributed by atoms with E-state index in [1.807, 2.05) is 13.8 Å². The standard InChI is InChI=1S/C17H25FN2O4S/c1-13(2)11-16(17(21)20-7-9-24-10-8-20)19-25(22,23)12-14-3-5-15(18)6-4-14/h3-6,13,16,19H,7-12H2,1-2H3/t16-/m1/s1. The third-order valence-corrected chi connectivity index (χ3v) is 5.28. The molecule has 1 saturated heterocycles. The summed E-state index contributed by atoms with van der Waals surface area (Å²) < 4.78 is 45.7. The van der Waals surface area contributed by atoms with Crippen molar-refractivity contribution in [1.29, 1.82) is 0 Å². The SMILES string of the molecule is CC(C)C[C@@H](NS(=O)(=O)Cc1ccc(F)cc1)C(=O)N1CCOCC1. The highest BCUT2D eigenvalue weighted by Crippen LogP contribution is 2.13. The van der Waals surface area contributed by atoms with E-state index in [0.717, 1.165) is 0 Å². The number of sulfonamides is 1. The number of hydrogen-bond acceptors (Lipinski definition) is 4. The molecule has 1 N–H and O–H groups in total. The molecule has 0 unspecified atom stereocenters. The quantitative estimate of drug-likeness (QED) is 0.787. The van der Waals surface area contributed by atoms with Crippen molar-refractivity contribution in [3.8, 4) is 0 Å². The molecule has 1 aliphatic heterocycles. The zero-order chi connectivity index (χ0) is 18.4. The number of morpholine rings is 1. The molecular weight excluding hydrogens is 347 g/mol. The summed E-state index contributed by atoms with van der Waals surface area (Å²) in [6, 6.07) is 4.49. The third kappa shape index (κ3) is 6.37. The zero-order valence-electron chi connectivity index (χ0n) is 14.6. The van der Waals surface area contributed by atoms with E-state index in [1.165, 1.54) is 24.3 Å². The number of amides is 1. The molecule has 0 radical (unpaired) electrons. The van der Waals surface area contributed by atoms with Crippen molar-refractivity contribution >= 4 is 15.9 Å². The van der Waals surface area contributed by atoms with Gasteiger partial charge in [0.2, 0.25) is 15.9 Å². The molecule has 0 bridgehead atoms. The number of nitrogens with one attached hydrogen (secondary N) is 1. The van der Waals surface area contributed by atoms with Gasteiger partial charge in [-0.1, -0.05) is 26.0 Å². The van der Waals surface area contributed by atoms with E-state index in [9.17, 15) is 17.6 Å². The van der Waals surface area contributed by atoms with E-state index in [0.29, 0.717) is 38.3 Å². The van der Waals surface area contributed by atoms with Crippen LogP contribution in [0.2, 0.25) is 0 Å². The Kier molecular flexibility index (Phi) is 6.92. The van der Waals surface area contributed by atoms with E-state index in [2.05, 4.69) is 4.72 Å². The molecule has 1 aromatic rings. The average Bonchev–Trinajstić information content (AvgIpc) is 2.55.